The molecule has 1 aliphatic carbocycles. The highest BCUT2D eigenvalue weighted by molar-refractivity contribution is 7.00. The van der Waals surface area contributed by atoms with E-state index in [1.807, 2.05) is 12.1 Å². The van der Waals surface area contributed by atoms with Crippen molar-refractivity contribution in [1.29, 1.82) is 0 Å². The van der Waals surface area contributed by atoms with E-state index < -0.39 is 0 Å². The molecular weight excluding hydrogens is 1040 g/mol. The maximum absolute atomic E-state index is 17.3. The lowest BCUT2D eigenvalue weighted by Gasteiger charge is -2.53. The van der Waals surface area contributed by atoms with Crippen LogP contribution in [0.2, 0.25) is 0 Å². The van der Waals surface area contributed by atoms with E-state index in [0.717, 1.165) is 115 Å². The Labute approximate surface area is 504 Å². The summed E-state index contributed by atoms with van der Waals surface area (Å²) in [6, 6.07) is 67.6. The number of furan rings is 1. The second-order valence-electron chi connectivity index (χ2n) is 29.6. The van der Waals surface area contributed by atoms with Crippen molar-refractivity contribution in [2.24, 2.45) is 0 Å². The molecule has 4 heterocycles. The molecule has 7 heteroatoms. The number of para-hydroxylation sites is 2. The van der Waals surface area contributed by atoms with Gasteiger partial charge in [-0.15, -0.1) is 0 Å². The number of benzene rings is 9. The van der Waals surface area contributed by atoms with Gasteiger partial charge in [-0.3, -0.25) is 0 Å². The van der Waals surface area contributed by atoms with Crippen molar-refractivity contribution in [2.75, 3.05) is 19.6 Å². The molecule has 10 aromatic rings. The summed E-state index contributed by atoms with van der Waals surface area (Å²) < 4.78 is 24.4. The minimum absolute atomic E-state index is 0.0204. The maximum atomic E-state index is 17.3. The molecule has 0 amide bonds. The smallest absolute Gasteiger partial charge is 0.252 e. The van der Waals surface area contributed by atoms with Crippen molar-refractivity contribution in [3.63, 3.8) is 0 Å². The molecule has 9 aromatic carbocycles. The molecular formula is C78H80BFN4O. The molecule has 2 atom stereocenters. The molecule has 428 valence electrons. The lowest BCUT2D eigenvalue weighted by molar-refractivity contribution is 0.195. The highest BCUT2D eigenvalue weighted by atomic mass is 19.1. The van der Waals surface area contributed by atoms with Crippen LogP contribution in [0.5, 0.6) is 0 Å². The Morgan fingerprint density at radius 2 is 0.918 bits per heavy atom. The van der Waals surface area contributed by atoms with Crippen molar-refractivity contribution in [3.05, 3.63) is 216 Å². The van der Waals surface area contributed by atoms with Gasteiger partial charge >= 0.3 is 0 Å². The SMILES string of the molecule is CC(C)(C)c1ccc(N(c2ccc(C(C)(C)C)cc2)c2ccc3c(c2)N(c2cccc4c2oc2ccccc24)c2cc(N(c4ccc(C(C)(C)C)cc4)c4ccc(C(C)(C)C)cc4)cc4c2B3c2cc(F)cc3c2N4C2(C)CCCCC32C)cc1. The number of fused-ring (bicyclic) bond motifs is 10. The summed E-state index contributed by atoms with van der Waals surface area (Å²) in [5, 5.41) is 2.13. The Hall–Kier alpha value is -8.03. The molecule has 85 heavy (non-hydrogen) atoms. The molecule has 1 aromatic heterocycles. The van der Waals surface area contributed by atoms with Crippen LogP contribution in [0.1, 0.15) is 150 Å². The molecule has 0 bridgehead atoms. The van der Waals surface area contributed by atoms with E-state index in [4.69, 9.17) is 4.42 Å². The van der Waals surface area contributed by atoms with Gasteiger partial charge < -0.3 is 24.0 Å². The van der Waals surface area contributed by atoms with Crippen LogP contribution >= 0.6 is 0 Å². The maximum Gasteiger partial charge on any atom is 0.252 e. The zero-order valence-electron chi connectivity index (χ0n) is 52.3. The zero-order valence-corrected chi connectivity index (χ0v) is 52.3. The van der Waals surface area contributed by atoms with Crippen LogP contribution in [0.15, 0.2) is 186 Å². The quantitative estimate of drug-likeness (QED) is 0.148. The predicted molar refractivity (Wildman–Crippen MR) is 360 cm³/mol. The highest BCUT2D eigenvalue weighted by Crippen LogP contribution is 2.63. The molecule has 3 aliphatic heterocycles. The minimum atomic E-state index is -0.347. The first-order chi connectivity index (χ1) is 40.3. The Morgan fingerprint density at radius 1 is 0.447 bits per heavy atom. The van der Waals surface area contributed by atoms with Gasteiger partial charge in [-0.05, 0) is 183 Å². The largest absolute Gasteiger partial charge is 0.454 e. The molecule has 4 aliphatic rings. The number of rotatable bonds is 7. The molecule has 0 spiro atoms. The Kier molecular flexibility index (Phi) is 12.3. The van der Waals surface area contributed by atoms with Crippen LogP contribution < -0.4 is 36.0 Å². The monoisotopic (exact) mass is 1120 g/mol. The number of nitrogens with zero attached hydrogens (tertiary/aromatic N) is 4. The van der Waals surface area contributed by atoms with Crippen molar-refractivity contribution >= 4 is 108 Å². The summed E-state index contributed by atoms with van der Waals surface area (Å²) in [5.41, 5.74) is 22.1. The molecule has 5 nitrogen and oxygen atoms in total. The van der Waals surface area contributed by atoms with Gasteiger partial charge in [0.15, 0.2) is 5.58 Å². The third-order valence-electron chi connectivity index (χ3n) is 20.1. The lowest BCUT2D eigenvalue weighted by Crippen LogP contribution is -2.64. The summed E-state index contributed by atoms with van der Waals surface area (Å²) >= 11 is 0. The second kappa shape index (κ2) is 19.0. The number of hydrogen-bond donors (Lipinski definition) is 0. The van der Waals surface area contributed by atoms with Gasteiger partial charge in [0.1, 0.15) is 11.4 Å². The first kappa shape index (κ1) is 54.9. The third kappa shape index (κ3) is 8.59. The van der Waals surface area contributed by atoms with E-state index in [-0.39, 0.29) is 45.1 Å². The fraction of sp³-hybridized carbons (Fsp3) is 0.308. The summed E-state index contributed by atoms with van der Waals surface area (Å²) in [7, 11) is 0. The third-order valence-corrected chi connectivity index (χ3v) is 20.1. The van der Waals surface area contributed by atoms with E-state index in [9.17, 15) is 0 Å². The predicted octanol–water partition coefficient (Wildman–Crippen LogP) is 20.2. The average Bonchev–Trinajstić information content (AvgIpc) is 1.62. The van der Waals surface area contributed by atoms with Gasteiger partial charge in [-0.1, -0.05) is 188 Å². The molecule has 1 saturated carbocycles. The van der Waals surface area contributed by atoms with Crippen molar-refractivity contribution in [3.8, 4) is 0 Å². The first-order valence-electron chi connectivity index (χ1n) is 31.0. The number of halogens is 1. The Bertz CT molecular complexity index is 4170. The second-order valence-corrected chi connectivity index (χ2v) is 29.6. The van der Waals surface area contributed by atoms with Gasteiger partial charge in [0, 0.05) is 67.4 Å². The van der Waals surface area contributed by atoms with Crippen LogP contribution in [-0.4, -0.2) is 12.3 Å². The molecule has 1 fully saturated rings. The van der Waals surface area contributed by atoms with Crippen LogP contribution in [0.25, 0.3) is 21.9 Å². The highest BCUT2D eigenvalue weighted by Gasteiger charge is 2.62. The Morgan fingerprint density at radius 3 is 1.46 bits per heavy atom. The normalized spacial score (nSPS) is 18.1. The van der Waals surface area contributed by atoms with Crippen LogP contribution in [0.3, 0.4) is 0 Å². The topological polar surface area (TPSA) is 26.1 Å². The Balaban J connectivity index is 1.10. The van der Waals surface area contributed by atoms with Gasteiger partial charge in [0.25, 0.3) is 6.71 Å². The number of hydrogen-bond acceptors (Lipinski definition) is 5. The van der Waals surface area contributed by atoms with Crippen molar-refractivity contribution in [2.45, 2.75) is 155 Å². The molecule has 0 saturated heterocycles. The van der Waals surface area contributed by atoms with Gasteiger partial charge in [0.05, 0.1) is 16.9 Å². The van der Waals surface area contributed by atoms with E-state index in [1.54, 1.807) is 0 Å². The summed E-state index contributed by atoms with van der Waals surface area (Å²) in [4.78, 5) is 10.1. The average molecular weight is 1120 g/mol. The lowest BCUT2D eigenvalue weighted by atomic mass is 9.33. The van der Waals surface area contributed by atoms with Gasteiger partial charge in [0.2, 0.25) is 0 Å². The fourth-order valence-corrected chi connectivity index (χ4v) is 15.0. The standard InChI is InChI=1S/C78H80BFN4O/c1-73(2,3)49-24-32-54(33-25-49)81(55-34-26-50(27-35-55)74(4,5)6)58-40-41-63-66(46-58)83(65-22-19-21-61-60-20-15-16-23-69(60)85-72(61)65)67-47-59(82(56-36-28-51(29-37-56)75(7,8)9)57-38-30-52(31-39-57)76(10,11)12)48-68-70(67)79(63)64-45-53(80)44-62-71(64)84(68)78(14)43-18-17-42-77(62,78)13/h15-16,19-41,44-48H,17-18,42-43H2,1-14H3. The summed E-state index contributed by atoms with van der Waals surface area (Å²) in [5.74, 6) is -0.175. The fourth-order valence-electron chi connectivity index (χ4n) is 15.0. The summed E-state index contributed by atoms with van der Waals surface area (Å²) in [6.45, 7) is 32.0. The van der Waals surface area contributed by atoms with E-state index in [1.165, 1.54) is 39.1 Å². The van der Waals surface area contributed by atoms with E-state index >= 15 is 4.39 Å². The zero-order chi connectivity index (χ0) is 59.5. The van der Waals surface area contributed by atoms with Gasteiger partial charge in [-0.2, -0.15) is 0 Å². The van der Waals surface area contributed by atoms with Crippen molar-refractivity contribution in [1.82, 2.24) is 0 Å². The molecule has 0 radical (unpaired) electrons. The minimum Gasteiger partial charge on any atom is -0.454 e. The first-order valence-corrected chi connectivity index (χ1v) is 31.0. The summed E-state index contributed by atoms with van der Waals surface area (Å²) in [6.07, 6.45) is 4.18. The molecule has 2 unspecified atom stereocenters. The van der Waals surface area contributed by atoms with E-state index in [2.05, 4.69) is 286 Å². The van der Waals surface area contributed by atoms with Gasteiger partial charge in [-0.25, -0.2) is 4.39 Å². The number of anilines is 11. The van der Waals surface area contributed by atoms with Crippen LogP contribution in [0, 0.1) is 5.82 Å². The van der Waals surface area contributed by atoms with Crippen LogP contribution in [0.4, 0.5) is 67.0 Å². The van der Waals surface area contributed by atoms with Crippen LogP contribution in [-0.2, 0) is 27.1 Å². The van der Waals surface area contributed by atoms with E-state index in [0.29, 0.717) is 0 Å². The van der Waals surface area contributed by atoms with Crippen molar-refractivity contribution < 1.29 is 8.81 Å². The molecule has 0 N–H and O–H groups in total. The molecule has 14 rings (SSSR count).